The molecule has 0 nitrogen and oxygen atoms in total. The minimum Gasteiger partial charge on any atom is -0.0832 e. The van der Waals surface area contributed by atoms with Gasteiger partial charge in [0.1, 0.15) is 0 Å². The Kier molecular flexibility index (Phi) is 4.47. The molecular weight excluding hydrogens is 268 g/mol. The van der Waals surface area contributed by atoms with Crippen LogP contribution >= 0.6 is 28.1 Å². The molecule has 0 saturated carbocycles. The van der Waals surface area contributed by atoms with Crippen molar-refractivity contribution in [3.63, 3.8) is 0 Å². The SMILES string of the molecule is Cc1ccc(C(=S)C(C)Br)cc1C(C)C. The number of benzene rings is 1. The fourth-order valence-corrected chi connectivity index (χ4v) is 2.04. The highest BCUT2D eigenvalue weighted by Crippen LogP contribution is 2.22. The molecule has 0 saturated heterocycles. The van der Waals surface area contributed by atoms with Crippen LogP contribution in [0.4, 0.5) is 0 Å². The Labute approximate surface area is 106 Å². The second-order valence-electron chi connectivity index (χ2n) is 4.21. The average molecular weight is 285 g/mol. The molecular formula is C13H17BrS. The van der Waals surface area contributed by atoms with Crippen LogP contribution in [-0.4, -0.2) is 9.69 Å². The van der Waals surface area contributed by atoms with Gasteiger partial charge in [0, 0.05) is 9.69 Å². The maximum absolute atomic E-state index is 5.39. The summed E-state index contributed by atoms with van der Waals surface area (Å²) < 4.78 is 0. The molecule has 1 rings (SSSR count). The van der Waals surface area contributed by atoms with E-state index < -0.39 is 0 Å². The summed E-state index contributed by atoms with van der Waals surface area (Å²) in [5.74, 6) is 0.554. The van der Waals surface area contributed by atoms with Crippen LogP contribution in [0, 0.1) is 6.92 Å². The van der Waals surface area contributed by atoms with E-state index in [0.29, 0.717) is 5.92 Å². The molecule has 0 aliphatic rings. The molecule has 0 fully saturated rings. The topological polar surface area (TPSA) is 0 Å². The van der Waals surface area contributed by atoms with Gasteiger partial charge in [-0.15, -0.1) is 0 Å². The maximum atomic E-state index is 5.39. The third kappa shape index (κ3) is 3.12. The first-order chi connectivity index (χ1) is 6.93. The van der Waals surface area contributed by atoms with Crippen molar-refractivity contribution in [1.29, 1.82) is 0 Å². The van der Waals surface area contributed by atoms with Gasteiger partial charge in [-0.1, -0.05) is 60.2 Å². The third-order valence-electron chi connectivity index (χ3n) is 2.55. The van der Waals surface area contributed by atoms with Gasteiger partial charge >= 0.3 is 0 Å². The van der Waals surface area contributed by atoms with E-state index in [9.17, 15) is 0 Å². The summed E-state index contributed by atoms with van der Waals surface area (Å²) in [5.41, 5.74) is 3.91. The molecule has 0 spiro atoms. The Hall–Kier alpha value is -0.210. The van der Waals surface area contributed by atoms with Crippen LogP contribution in [0.2, 0.25) is 0 Å². The molecule has 0 aliphatic carbocycles. The maximum Gasteiger partial charge on any atom is 0.0475 e. The Morgan fingerprint density at radius 3 is 2.33 bits per heavy atom. The first-order valence-electron chi connectivity index (χ1n) is 5.22. The van der Waals surface area contributed by atoms with Crippen LogP contribution < -0.4 is 0 Å². The number of rotatable bonds is 3. The zero-order chi connectivity index (χ0) is 11.6. The van der Waals surface area contributed by atoms with Gasteiger partial charge in [0.15, 0.2) is 0 Å². The summed E-state index contributed by atoms with van der Waals surface area (Å²) in [5, 5.41) is 0. The van der Waals surface area contributed by atoms with E-state index in [1.54, 1.807) is 0 Å². The summed E-state index contributed by atoms with van der Waals surface area (Å²) in [4.78, 5) is 1.24. The molecule has 15 heavy (non-hydrogen) atoms. The lowest BCUT2D eigenvalue weighted by Gasteiger charge is -2.13. The molecule has 0 aromatic heterocycles. The lowest BCUT2D eigenvalue weighted by Crippen LogP contribution is -2.09. The fraction of sp³-hybridized carbons (Fsp3) is 0.462. The minimum atomic E-state index is 0.259. The Balaban J connectivity index is 3.13. The van der Waals surface area contributed by atoms with Gasteiger partial charge in [-0.3, -0.25) is 0 Å². The van der Waals surface area contributed by atoms with Crippen molar-refractivity contribution in [3.8, 4) is 0 Å². The van der Waals surface area contributed by atoms with E-state index in [1.807, 2.05) is 0 Å². The van der Waals surface area contributed by atoms with Gasteiger partial charge in [0.2, 0.25) is 0 Å². The quantitative estimate of drug-likeness (QED) is 0.443. The van der Waals surface area contributed by atoms with E-state index >= 15 is 0 Å². The van der Waals surface area contributed by atoms with Crippen molar-refractivity contribution in [2.75, 3.05) is 0 Å². The predicted octanol–water partition coefficient (Wildman–Crippen LogP) is 4.62. The van der Waals surface area contributed by atoms with Gasteiger partial charge in [0.05, 0.1) is 0 Å². The molecule has 1 atom stereocenters. The zero-order valence-corrected chi connectivity index (χ0v) is 12.1. The van der Waals surface area contributed by atoms with Crippen LogP contribution in [0.3, 0.4) is 0 Å². The number of hydrogen-bond acceptors (Lipinski definition) is 1. The van der Waals surface area contributed by atoms with Crippen molar-refractivity contribution in [2.45, 2.75) is 38.4 Å². The van der Waals surface area contributed by atoms with Gasteiger partial charge in [-0.2, -0.15) is 0 Å². The van der Waals surface area contributed by atoms with Crippen molar-refractivity contribution in [3.05, 3.63) is 34.9 Å². The summed E-state index contributed by atoms with van der Waals surface area (Å²) in [6.07, 6.45) is 0. The van der Waals surface area contributed by atoms with Crippen LogP contribution in [0.1, 0.15) is 43.4 Å². The number of thiocarbonyl (C=S) groups is 1. The highest BCUT2D eigenvalue weighted by Gasteiger charge is 2.10. The Morgan fingerprint density at radius 2 is 1.87 bits per heavy atom. The molecule has 1 unspecified atom stereocenters. The first kappa shape index (κ1) is 12.9. The molecule has 0 radical (unpaired) electrons. The minimum absolute atomic E-state index is 0.259. The first-order valence-corrected chi connectivity index (χ1v) is 6.54. The normalized spacial score (nSPS) is 12.9. The second-order valence-corrected chi connectivity index (χ2v) is 6.02. The number of aryl methyl sites for hydroxylation is 1. The second kappa shape index (κ2) is 5.22. The molecule has 82 valence electrons. The van der Waals surface area contributed by atoms with Crippen LogP contribution in [0.5, 0.6) is 0 Å². The number of alkyl halides is 1. The third-order valence-corrected chi connectivity index (χ3v) is 3.90. The van der Waals surface area contributed by atoms with Crippen molar-refractivity contribution < 1.29 is 0 Å². The summed E-state index contributed by atoms with van der Waals surface area (Å²) in [6, 6.07) is 6.49. The van der Waals surface area contributed by atoms with Crippen LogP contribution in [0.15, 0.2) is 18.2 Å². The van der Waals surface area contributed by atoms with Crippen molar-refractivity contribution in [2.24, 2.45) is 0 Å². The highest BCUT2D eigenvalue weighted by molar-refractivity contribution is 9.10. The van der Waals surface area contributed by atoms with Crippen LogP contribution in [0.25, 0.3) is 0 Å². The van der Waals surface area contributed by atoms with Gasteiger partial charge in [-0.25, -0.2) is 0 Å². The van der Waals surface area contributed by atoms with E-state index in [1.165, 1.54) is 16.7 Å². The van der Waals surface area contributed by atoms with E-state index in [0.717, 1.165) is 4.86 Å². The monoisotopic (exact) mass is 284 g/mol. The Bertz CT molecular complexity index is 367. The van der Waals surface area contributed by atoms with Gasteiger partial charge < -0.3 is 0 Å². The number of hydrogen-bond donors (Lipinski definition) is 0. The molecule has 0 N–H and O–H groups in total. The molecule has 0 heterocycles. The number of halogens is 1. The van der Waals surface area contributed by atoms with E-state index in [4.69, 9.17) is 12.2 Å². The largest absolute Gasteiger partial charge is 0.0832 e. The zero-order valence-electron chi connectivity index (χ0n) is 9.67. The summed E-state index contributed by atoms with van der Waals surface area (Å²) >= 11 is 8.90. The summed E-state index contributed by atoms with van der Waals surface area (Å²) in [7, 11) is 0. The molecule has 2 heteroatoms. The van der Waals surface area contributed by atoms with Crippen molar-refractivity contribution in [1.82, 2.24) is 0 Å². The highest BCUT2D eigenvalue weighted by atomic mass is 79.9. The predicted molar refractivity (Wildman–Crippen MR) is 75.4 cm³/mol. The Morgan fingerprint density at radius 1 is 1.27 bits per heavy atom. The van der Waals surface area contributed by atoms with Crippen molar-refractivity contribution >= 4 is 33.0 Å². The molecule has 0 amide bonds. The lowest BCUT2D eigenvalue weighted by molar-refractivity contribution is 0.856. The van der Waals surface area contributed by atoms with E-state index in [2.05, 4.69) is 61.8 Å². The van der Waals surface area contributed by atoms with Gasteiger partial charge in [0.25, 0.3) is 0 Å². The lowest BCUT2D eigenvalue weighted by atomic mass is 9.94. The fourth-order valence-electron chi connectivity index (χ4n) is 1.65. The molecule has 1 aromatic rings. The van der Waals surface area contributed by atoms with Crippen LogP contribution in [-0.2, 0) is 0 Å². The molecule has 0 bridgehead atoms. The van der Waals surface area contributed by atoms with Gasteiger partial charge in [-0.05, 0) is 36.5 Å². The summed E-state index contributed by atoms with van der Waals surface area (Å²) in [6.45, 7) is 8.65. The smallest absolute Gasteiger partial charge is 0.0475 e. The standard InChI is InChI=1S/C13H17BrS/c1-8(2)12-7-11(6-5-9(12)3)13(15)10(4)14/h5-8,10H,1-4H3. The van der Waals surface area contributed by atoms with E-state index in [-0.39, 0.29) is 4.83 Å². The molecule has 0 aliphatic heterocycles. The molecule has 1 aromatic carbocycles. The average Bonchev–Trinajstić information content (AvgIpc) is 2.16.